The zero-order valence-corrected chi connectivity index (χ0v) is 8.81. The van der Waals surface area contributed by atoms with E-state index in [1.54, 1.807) is 0 Å². The summed E-state index contributed by atoms with van der Waals surface area (Å²) in [5, 5.41) is 0. The Bertz CT molecular complexity index is 135. The molecule has 0 bridgehead atoms. The Hall–Kier alpha value is -0.263. The first-order valence-electron chi connectivity index (χ1n) is 4.20. The minimum absolute atomic E-state index is 0.489. The minimum Gasteiger partial charge on any atom is -0.406 e. The van der Waals surface area contributed by atoms with Crippen molar-refractivity contribution >= 4 is 8.32 Å². The Morgan fingerprint density at radius 3 is 2.55 bits per heavy atom. The predicted molar refractivity (Wildman–Crippen MR) is 52.0 cm³/mol. The van der Waals surface area contributed by atoms with Gasteiger partial charge in [0.25, 0.3) is 0 Å². The molecule has 0 amide bonds. The highest BCUT2D eigenvalue weighted by Crippen LogP contribution is 2.14. The summed E-state index contributed by atoms with van der Waals surface area (Å²) in [6, 6.07) is 1.23. The van der Waals surface area contributed by atoms with Crippen LogP contribution in [-0.4, -0.2) is 14.9 Å². The van der Waals surface area contributed by atoms with Gasteiger partial charge in [-0.05, 0) is 19.1 Å². The van der Waals surface area contributed by atoms with Gasteiger partial charge in [0.15, 0.2) is 8.32 Å². The fourth-order valence-electron chi connectivity index (χ4n) is 0.912. The third-order valence-corrected chi connectivity index (χ3v) is 4.16. The average Bonchev–Trinajstić information content (AvgIpc) is 1.97. The van der Waals surface area contributed by atoms with Gasteiger partial charge in [-0.3, -0.25) is 0 Å². The number of unbranched alkanes of at least 4 members (excludes halogenated alkanes) is 1. The van der Waals surface area contributed by atoms with E-state index in [0.29, 0.717) is 6.61 Å². The van der Waals surface area contributed by atoms with Crippen molar-refractivity contribution in [1.29, 1.82) is 0 Å². The summed E-state index contributed by atoms with van der Waals surface area (Å²) >= 11 is 0. The van der Waals surface area contributed by atoms with Crippen LogP contribution in [0.3, 0.4) is 0 Å². The summed E-state index contributed by atoms with van der Waals surface area (Å²) in [6.07, 6.45) is 7.63. The van der Waals surface area contributed by atoms with Crippen molar-refractivity contribution in [3.63, 3.8) is 0 Å². The first-order valence-corrected chi connectivity index (χ1v) is 7.31. The Balaban J connectivity index is 3.54. The van der Waals surface area contributed by atoms with Gasteiger partial charge >= 0.3 is 0 Å². The molecule has 11 heavy (non-hydrogen) atoms. The summed E-state index contributed by atoms with van der Waals surface area (Å²) < 4.78 is 5.58. The van der Waals surface area contributed by atoms with Crippen molar-refractivity contribution in [2.45, 2.75) is 38.9 Å². The largest absolute Gasteiger partial charge is 0.406 e. The topological polar surface area (TPSA) is 9.23 Å². The van der Waals surface area contributed by atoms with Crippen LogP contribution in [0.15, 0.2) is 0 Å². The van der Waals surface area contributed by atoms with E-state index in [1.165, 1.54) is 18.9 Å². The molecular weight excluding hydrogens is 152 g/mol. The van der Waals surface area contributed by atoms with Crippen LogP contribution >= 0.6 is 0 Å². The zero-order chi connectivity index (χ0) is 8.74. The summed E-state index contributed by atoms with van der Waals surface area (Å²) in [6.45, 7) is 7.13. The number of hydrogen-bond donors (Lipinski definition) is 0. The monoisotopic (exact) mass is 170 g/mol. The van der Waals surface area contributed by atoms with E-state index in [1.807, 2.05) is 0 Å². The standard InChI is InChI=1S/C9H18OSi/c1-5-7-9-11(3,4)10-8-6-2/h2H,5,7-9H2,1,3-4H3. The van der Waals surface area contributed by atoms with Crippen LogP contribution in [0.5, 0.6) is 0 Å². The van der Waals surface area contributed by atoms with Crippen molar-refractivity contribution in [1.82, 2.24) is 0 Å². The molecule has 0 unspecified atom stereocenters. The van der Waals surface area contributed by atoms with E-state index >= 15 is 0 Å². The highest BCUT2D eigenvalue weighted by atomic mass is 28.4. The van der Waals surface area contributed by atoms with Crippen LogP contribution in [-0.2, 0) is 4.43 Å². The van der Waals surface area contributed by atoms with Crippen molar-refractivity contribution in [3.8, 4) is 12.3 Å². The summed E-state index contributed by atoms with van der Waals surface area (Å²) in [7, 11) is -1.39. The van der Waals surface area contributed by atoms with E-state index < -0.39 is 8.32 Å². The molecule has 0 aromatic heterocycles. The molecule has 0 heterocycles. The van der Waals surface area contributed by atoms with Crippen molar-refractivity contribution in [2.24, 2.45) is 0 Å². The van der Waals surface area contributed by atoms with Gasteiger partial charge in [-0.15, -0.1) is 6.42 Å². The van der Waals surface area contributed by atoms with Crippen molar-refractivity contribution in [3.05, 3.63) is 0 Å². The fourth-order valence-corrected chi connectivity index (χ4v) is 2.74. The Labute approximate surface area is 71.3 Å². The lowest BCUT2D eigenvalue weighted by atomic mass is 10.4. The van der Waals surface area contributed by atoms with Gasteiger partial charge in [0, 0.05) is 0 Å². The molecule has 0 aromatic rings. The van der Waals surface area contributed by atoms with Gasteiger partial charge in [0.1, 0.15) is 0 Å². The van der Waals surface area contributed by atoms with E-state index in [2.05, 4.69) is 25.9 Å². The van der Waals surface area contributed by atoms with Gasteiger partial charge in [0.05, 0.1) is 6.61 Å². The highest BCUT2D eigenvalue weighted by Gasteiger charge is 2.20. The maximum atomic E-state index is 5.58. The Kier molecular flexibility index (Phi) is 5.27. The SMILES string of the molecule is C#CCO[Si](C)(C)CCCC. The van der Waals surface area contributed by atoms with Gasteiger partial charge in [0.2, 0.25) is 0 Å². The van der Waals surface area contributed by atoms with Gasteiger partial charge in [-0.2, -0.15) is 0 Å². The second-order valence-corrected chi connectivity index (χ2v) is 7.66. The molecule has 0 spiro atoms. The lowest BCUT2D eigenvalue weighted by Crippen LogP contribution is -2.30. The van der Waals surface area contributed by atoms with Crippen molar-refractivity contribution < 1.29 is 4.43 Å². The smallest absolute Gasteiger partial charge is 0.188 e. The van der Waals surface area contributed by atoms with E-state index in [-0.39, 0.29) is 0 Å². The first kappa shape index (κ1) is 10.7. The number of rotatable bonds is 5. The molecule has 0 aromatic carbocycles. The predicted octanol–water partition coefficient (Wildman–Crippen LogP) is 2.64. The molecule has 1 nitrogen and oxygen atoms in total. The zero-order valence-electron chi connectivity index (χ0n) is 7.81. The molecule has 0 saturated heterocycles. The lowest BCUT2D eigenvalue weighted by Gasteiger charge is -2.20. The first-order chi connectivity index (χ1) is 5.12. The lowest BCUT2D eigenvalue weighted by molar-refractivity contribution is 0.357. The summed E-state index contributed by atoms with van der Waals surface area (Å²) in [5.74, 6) is 2.51. The number of hydrogen-bond acceptors (Lipinski definition) is 1. The van der Waals surface area contributed by atoms with E-state index in [0.717, 1.165) is 0 Å². The molecule has 0 radical (unpaired) electrons. The maximum absolute atomic E-state index is 5.58. The molecule has 0 aliphatic heterocycles. The van der Waals surface area contributed by atoms with Crippen LogP contribution in [0.1, 0.15) is 19.8 Å². The highest BCUT2D eigenvalue weighted by molar-refractivity contribution is 6.71. The fraction of sp³-hybridized carbons (Fsp3) is 0.778. The van der Waals surface area contributed by atoms with E-state index in [4.69, 9.17) is 10.8 Å². The third kappa shape index (κ3) is 6.15. The molecule has 0 fully saturated rings. The van der Waals surface area contributed by atoms with Crippen LogP contribution in [0.2, 0.25) is 19.1 Å². The molecule has 0 aliphatic rings. The Morgan fingerprint density at radius 1 is 1.45 bits per heavy atom. The second-order valence-electron chi connectivity index (χ2n) is 3.36. The quantitative estimate of drug-likeness (QED) is 0.455. The molecule has 0 atom stereocenters. The summed E-state index contributed by atoms with van der Waals surface area (Å²) in [4.78, 5) is 0. The second kappa shape index (κ2) is 5.40. The molecule has 0 aliphatic carbocycles. The average molecular weight is 170 g/mol. The Morgan fingerprint density at radius 2 is 2.09 bits per heavy atom. The van der Waals surface area contributed by atoms with Gasteiger partial charge < -0.3 is 4.43 Å². The van der Waals surface area contributed by atoms with Crippen LogP contribution in [0.4, 0.5) is 0 Å². The van der Waals surface area contributed by atoms with Gasteiger partial charge in [-0.1, -0.05) is 25.7 Å². The molecular formula is C9H18OSi. The normalized spacial score (nSPS) is 11.1. The minimum atomic E-state index is -1.39. The molecule has 0 N–H and O–H groups in total. The molecule has 0 saturated carbocycles. The maximum Gasteiger partial charge on any atom is 0.188 e. The number of terminal acetylenes is 1. The third-order valence-electron chi connectivity index (χ3n) is 1.68. The van der Waals surface area contributed by atoms with Crippen LogP contribution < -0.4 is 0 Å². The van der Waals surface area contributed by atoms with Gasteiger partial charge in [-0.25, -0.2) is 0 Å². The summed E-state index contributed by atoms with van der Waals surface area (Å²) in [5.41, 5.74) is 0. The van der Waals surface area contributed by atoms with Crippen molar-refractivity contribution in [2.75, 3.05) is 6.61 Å². The van der Waals surface area contributed by atoms with Crippen LogP contribution in [0.25, 0.3) is 0 Å². The molecule has 64 valence electrons. The molecule has 0 rings (SSSR count). The molecule has 2 heteroatoms. The van der Waals surface area contributed by atoms with Crippen LogP contribution in [0, 0.1) is 12.3 Å². The van der Waals surface area contributed by atoms with E-state index in [9.17, 15) is 0 Å².